The third-order valence-electron chi connectivity index (χ3n) is 3.70. The van der Waals surface area contributed by atoms with Crippen molar-refractivity contribution in [3.63, 3.8) is 0 Å². The van der Waals surface area contributed by atoms with Gasteiger partial charge in [0.2, 0.25) is 0 Å². The van der Waals surface area contributed by atoms with Gasteiger partial charge in [-0.15, -0.1) is 0 Å². The molecule has 1 N–H and O–H groups in total. The first-order valence-electron chi connectivity index (χ1n) is 7.04. The van der Waals surface area contributed by atoms with E-state index in [1.54, 1.807) is 18.2 Å². The zero-order valence-corrected chi connectivity index (χ0v) is 14.0. The molecule has 1 atom stereocenters. The largest absolute Gasteiger partial charge is 0.350 e. The Hall–Kier alpha value is -0.580. The summed E-state index contributed by atoms with van der Waals surface area (Å²) in [6.45, 7) is 5.11. The Morgan fingerprint density at radius 2 is 2.05 bits per heavy atom. The number of piperidine rings is 1. The molecule has 0 saturated carbocycles. The molecule has 20 heavy (non-hydrogen) atoms. The summed E-state index contributed by atoms with van der Waals surface area (Å²) in [7, 11) is 0. The van der Waals surface area contributed by atoms with Gasteiger partial charge in [0.05, 0.1) is 0 Å². The summed E-state index contributed by atoms with van der Waals surface area (Å²) in [6, 6.07) is 5.62. The molecule has 1 aliphatic heterocycles. The highest BCUT2D eigenvalue weighted by Gasteiger charge is 2.17. The van der Waals surface area contributed by atoms with Gasteiger partial charge in [-0.25, -0.2) is 0 Å². The number of carbonyl (C=O) groups excluding carboxylic acids is 1. The van der Waals surface area contributed by atoms with Crippen LogP contribution in [-0.4, -0.2) is 36.5 Å². The first-order chi connectivity index (χ1) is 9.56. The number of carbonyl (C=O) groups is 1. The van der Waals surface area contributed by atoms with E-state index in [0.29, 0.717) is 23.2 Å². The van der Waals surface area contributed by atoms with Gasteiger partial charge >= 0.3 is 0 Å². The minimum Gasteiger partial charge on any atom is -0.350 e. The summed E-state index contributed by atoms with van der Waals surface area (Å²) in [5.41, 5.74) is 0.593. The van der Waals surface area contributed by atoms with Gasteiger partial charge < -0.3 is 5.32 Å². The molecule has 1 unspecified atom stereocenters. The van der Waals surface area contributed by atoms with E-state index in [2.05, 4.69) is 33.1 Å². The van der Waals surface area contributed by atoms with Crippen LogP contribution in [-0.2, 0) is 0 Å². The highest BCUT2D eigenvalue weighted by Crippen LogP contribution is 2.19. The molecular weight excluding hydrogens is 340 g/mol. The number of nitrogens with one attached hydrogen (secondary N) is 1. The fraction of sp³-hybridized carbons (Fsp3) is 0.533. The fourth-order valence-corrected chi connectivity index (χ4v) is 3.38. The first-order valence-corrected chi connectivity index (χ1v) is 8.21. The van der Waals surface area contributed by atoms with Crippen molar-refractivity contribution in [3.8, 4) is 0 Å². The van der Waals surface area contributed by atoms with Crippen LogP contribution >= 0.6 is 27.5 Å². The highest BCUT2D eigenvalue weighted by molar-refractivity contribution is 9.10. The molecular formula is C15H20BrClN2O. The third kappa shape index (κ3) is 4.47. The Labute approximate surface area is 133 Å². The molecule has 0 aliphatic carbocycles. The maximum Gasteiger partial charge on any atom is 0.251 e. The normalized spacial score (nSPS) is 17.8. The van der Waals surface area contributed by atoms with E-state index >= 15 is 0 Å². The van der Waals surface area contributed by atoms with Gasteiger partial charge in [0.15, 0.2) is 0 Å². The van der Waals surface area contributed by atoms with Gasteiger partial charge in [-0.2, -0.15) is 0 Å². The lowest BCUT2D eigenvalue weighted by molar-refractivity contribution is 0.0930. The van der Waals surface area contributed by atoms with Crippen LogP contribution in [0.1, 0.15) is 36.5 Å². The first kappa shape index (κ1) is 15.8. The van der Waals surface area contributed by atoms with Gasteiger partial charge in [-0.1, -0.05) is 34.0 Å². The molecule has 1 aliphatic rings. The molecule has 110 valence electrons. The van der Waals surface area contributed by atoms with Crippen molar-refractivity contribution in [1.82, 2.24) is 10.2 Å². The van der Waals surface area contributed by atoms with Gasteiger partial charge in [0.1, 0.15) is 0 Å². The predicted molar refractivity (Wildman–Crippen MR) is 86.4 cm³/mol. The average molecular weight is 360 g/mol. The minimum atomic E-state index is -0.0722. The number of rotatable bonds is 4. The van der Waals surface area contributed by atoms with Gasteiger partial charge in [-0.3, -0.25) is 9.69 Å². The smallest absolute Gasteiger partial charge is 0.251 e. The van der Waals surface area contributed by atoms with E-state index in [4.69, 9.17) is 11.6 Å². The fourth-order valence-electron chi connectivity index (χ4n) is 2.52. The summed E-state index contributed by atoms with van der Waals surface area (Å²) in [6.07, 6.45) is 3.85. The van der Waals surface area contributed by atoms with E-state index in [1.807, 2.05) is 0 Å². The SMILES string of the molecule is CC(CNC(=O)c1cc(Cl)cc(Br)c1)N1CCCCC1. The van der Waals surface area contributed by atoms with Crippen LogP contribution in [0.15, 0.2) is 22.7 Å². The number of amides is 1. The molecule has 1 amide bonds. The zero-order valence-electron chi connectivity index (χ0n) is 11.7. The van der Waals surface area contributed by atoms with Gasteiger partial charge in [0, 0.05) is 27.6 Å². The quantitative estimate of drug-likeness (QED) is 0.889. The number of nitrogens with zero attached hydrogens (tertiary/aromatic N) is 1. The summed E-state index contributed by atoms with van der Waals surface area (Å²) in [4.78, 5) is 14.6. The Bertz CT molecular complexity index is 455. The lowest BCUT2D eigenvalue weighted by Crippen LogP contribution is -2.44. The number of likely N-dealkylation sites (tertiary alicyclic amines) is 1. The van der Waals surface area contributed by atoms with E-state index in [0.717, 1.165) is 17.6 Å². The van der Waals surface area contributed by atoms with Crippen LogP contribution in [0.5, 0.6) is 0 Å². The highest BCUT2D eigenvalue weighted by atomic mass is 79.9. The van der Waals surface area contributed by atoms with E-state index in [9.17, 15) is 4.79 Å². The second kappa shape index (κ2) is 7.43. The molecule has 1 heterocycles. The lowest BCUT2D eigenvalue weighted by Gasteiger charge is -2.32. The summed E-state index contributed by atoms with van der Waals surface area (Å²) >= 11 is 9.31. The molecule has 0 spiro atoms. The van der Waals surface area contributed by atoms with Crippen LogP contribution in [0.4, 0.5) is 0 Å². The van der Waals surface area contributed by atoms with Crippen LogP contribution in [0.25, 0.3) is 0 Å². The zero-order chi connectivity index (χ0) is 14.5. The monoisotopic (exact) mass is 358 g/mol. The Balaban J connectivity index is 1.87. The standard InChI is InChI=1S/C15H20BrClN2O/c1-11(19-5-3-2-4-6-19)10-18-15(20)12-7-13(16)9-14(17)8-12/h7-9,11H,2-6,10H2,1H3,(H,18,20). The maximum atomic E-state index is 12.1. The number of benzene rings is 1. The van der Waals surface area contributed by atoms with E-state index in [-0.39, 0.29) is 5.91 Å². The van der Waals surface area contributed by atoms with Crippen LogP contribution in [0.2, 0.25) is 5.02 Å². The van der Waals surface area contributed by atoms with Crippen LogP contribution in [0, 0.1) is 0 Å². The Morgan fingerprint density at radius 3 is 2.70 bits per heavy atom. The van der Waals surface area contributed by atoms with Crippen molar-refractivity contribution in [2.75, 3.05) is 19.6 Å². The van der Waals surface area contributed by atoms with Gasteiger partial charge in [-0.05, 0) is 51.1 Å². The minimum absolute atomic E-state index is 0.0722. The number of hydrogen-bond donors (Lipinski definition) is 1. The molecule has 1 aromatic carbocycles. The number of hydrogen-bond acceptors (Lipinski definition) is 2. The Morgan fingerprint density at radius 1 is 1.35 bits per heavy atom. The third-order valence-corrected chi connectivity index (χ3v) is 4.37. The molecule has 0 aromatic heterocycles. The second-order valence-electron chi connectivity index (χ2n) is 5.31. The molecule has 1 fully saturated rings. The topological polar surface area (TPSA) is 32.3 Å². The van der Waals surface area contributed by atoms with Crippen molar-refractivity contribution < 1.29 is 4.79 Å². The molecule has 0 bridgehead atoms. The van der Waals surface area contributed by atoms with Crippen molar-refractivity contribution in [3.05, 3.63) is 33.3 Å². The molecule has 5 heteroatoms. The Kier molecular flexibility index (Phi) is 5.87. The summed E-state index contributed by atoms with van der Waals surface area (Å²) in [5.74, 6) is -0.0722. The van der Waals surface area contributed by atoms with Crippen molar-refractivity contribution in [1.29, 1.82) is 0 Å². The van der Waals surface area contributed by atoms with Crippen LogP contribution in [0.3, 0.4) is 0 Å². The molecule has 1 saturated heterocycles. The predicted octanol–water partition coefficient (Wildman–Crippen LogP) is 3.71. The number of halogens is 2. The van der Waals surface area contributed by atoms with Crippen molar-refractivity contribution in [2.24, 2.45) is 0 Å². The van der Waals surface area contributed by atoms with Crippen molar-refractivity contribution in [2.45, 2.75) is 32.2 Å². The molecule has 3 nitrogen and oxygen atoms in total. The van der Waals surface area contributed by atoms with E-state index < -0.39 is 0 Å². The maximum absolute atomic E-state index is 12.1. The lowest BCUT2D eigenvalue weighted by atomic mass is 10.1. The molecule has 2 rings (SSSR count). The van der Waals surface area contributed by atoms with Crippen molar-refractivity contribution >= 4 is 33.4 Å². The summed E-state index contributed by atoms with van der Waals surface area (Å²) in [5, 5.41) is 3.55. The average Bonchev–Trinajstić information content (AvgIpc) is 2.44. The molecule has 1 aromatic rings. The van der Waals surface area contributed by atoms with Gasteiger partial charge in [0.25, 0.3) is 5.91 Å². The second-order valence-corrected chi connectivity index (χ2v) is 6.67. The van der Waals surface area contributed by atoms with Crippen LogP contribution < -0.4 is 5.32 Å². The summed E-state index contributed by atoms with van der Waals surface area (Å²) < 4.78 is 0.819. The molecule has 0 radical (unpaired) electrons. The van der Waals surface area contributed by atoms with E-state index in [1.165, 1.54) is 19.3 Å².